The van der Waals surface area contributed by atoms with Crippen LogP contribution in [0.2, 0.25) is 0 Å². The SMILES string of the molecule is CCc1nc2ccc([N+](=O)[O-])cc2o1. The van der Waals surface area contributed by atoms with Gasteiger partial charge >= 0.3 is 0 Å². The zero-order chi connectivity index (χ0) is 10.1. The van der Waals surface area contributed by atoms with Crippen molar-refractivity contribution in [3.8, 4) is 0 Å². The zero-order valence-electron chi connectivity index (χ0n) is 7.56. The van der Waals surface area contributed by atoms with Crippen molar-refractivity contribution in [3.05, 3.63) is 34.2 Å². The highest BCUT2D eigenvalue weighted by Crippen LogP contribution is 2.21. The van der Waals surface area contributed by atoms with Crippen LogP contribution in [-0.2, 0) is 6.42 Å². The van der Waals surface area contributed by atoms with E-state index in [-0.39, 0.29) is 5.69 Å². The molecule has 5 nitrogen and oxygen atoms in total. The fourth-order valence-electron chi connectivity index (χ4n) is 1.23. The monoisotopic (exact) mass is 192 g/mol. The quantitative estimate of drug-likeness (QED) is 0.540. The van der Waals surface area contributed by atoms with Crippen LogP contribution in [0.4, 0.5) is 5.69 Å². The number of nitro groups is 1. The van der Waals surface area contributed by atoms with Crippen molar-refractivity contribution in [1.29, 1.82) is 0 Å². The van der Waals surface area contributed by atoms with Crippen molar-refractivity contribution < 1.29 is 9.34 Å². The highest BCUT2D eigenvalue weighted by molar-refractivity contribution is 5.75. The van der Waals surface area contributed by atoms with E-state index in [4.69, 9.17) is 4.42 Å². The Morgan fingerprint density at radius 2 is 2.36 bits per heavy atom. The number of hydrogen-bond donors (Lipinski definition) is 0. The van der Waals surface area contributed by atoms with E-state index in [1.807, 2.05) is 6.92 Å². The van der Waals surface area contributed by atoms with Gasteiger partial charge in [0.25, 0.3) is 5.69 Å². The summed E-state index contributed by atoms with van der Waals surface area (Å²) < 4.78 is 5.29. The third kappa shape index (κ3) is 1.32. The third-order valence-corrected chi connectivity index (χ3v) is 1.93. The summed E-state index contributed by atoms with van der Waals surface area (Å²) in [6.45, 7) is 1.92. The van der Waals surface area contributed by atoms with Crippen molar-refractivity contribution in [3.63, 3.8) is 0 Å². The molecule has 1 aromatic heterocycles. The fourth-order valence-corrected chi connectivity index (χ4v) is 1.23. The lowest BCUT2D eigenvalue weighted by atomic mass is 10.3. The summed E-state index contributed by atoms with van der Waals surface area (Å²) in [6, 6.07) is 4.40. The summed E-state index contributed by atoms with van der Waals surface area (Å²) >= 11 is 0. The molecule has 0 bridgehead atoms. The molecule has 2 rings (SSSR count). The highest BCUT2D eigenvalue weighted by Gasteiger charge is 2.10. The molecule has 0 aliphatic heterocycles. The lowest BCUT2D eigenvalue weighted by Crippen LogP contribution is -1.86. The van der Waals surface area contributed by atoms with E-state index in [1.54, 1.807) is 6.07 Å². The van der Waals surface area contributed by atoms with Crippen LogP contribution in [0.1, 0.15) is 12.8 Å². The second-order valence-corrected chi connectivity index (χ2v) is 2.87. The first-order valence-electron chi connectivity index (χ1n) is 4.24. The lowest BCUT2D eigenvalue weighted by Gasteiger charge is -1.88. The minimum Gasteiger partial charge on any atom is -0.440 e. The van der Waals surface area contributed by atoms with E-state index in [0.717, 1.165) is 0 Å². The molecule has 0 aliphatic rings. The van der Waals surface area contributed by atoms with Crippen molar-refractivity contribution in [2.45, 2.75) is 13.3 Å². The first kappa shape index (κ1) is 8.68. The van der Waals surface area contributed by atoms with Gasteiger partial charge in [-0.1, -0.05) is 6.92 Å². The molecule has 2 aromatic rings. The Morgan fingerprint density at radius 1 is 1.57 bits per heavy atom. The maximum absolute atomic E-state index is 10.5. The van der Waals surface area contributed by atoms with Gasteiger partial charge in [0.1, 0.15) is 5.52 Å². The molecule has 0 N–H and O–H groups in total. The van der Waals surface area contributed by atoms with Gasteiger partial charge in [-0.3, -0.25) is 10.1 Å². The van der Waals surface area contributed by atoms with Crippen molar-refractivity contribution in [2.75, 3.05) is 0 Å². The van der Waals surface area contributed by atoms with Crippen molar-refractivity contribution in [1.82, 2.24) is 4.98 Å². The van der Waals surface area contributed by atoms with E-state index >= 15 is 0 Å². The largest absolute Gasteiger partial charge is 0.440 e. The molecular weight excluding hydrogens is 184 g/mol. The van der Waals surface area contributed by atoms with Crippen LogP contribution in [-0.4, -0.2) is 9.91 Å². The van der Waals surface area contributed by atoms with Crippen LogP contribution < -0.4 is 0 Å². The average Bonchev–Trinajstić information content (AvgIpc) is 2.58. The Morgan fingerprint density at radius 3 is 3.00 bits per heavy atom. The van der Waals surface area contributed by atoms with Gasteiger partial charge in [-0.15, -0.1) is 0 Å². The van der Waals surface area contributed by atoms with Gasteiger partial charge in [0.2, 0.25) is 0 Å². The molecule has 0 saturated carbocycles. The van der Waals surface area contributed by atoms with Crippen LogP contribution in [0.5, 0.6) is 0 Å². The van der Waals surface area contributed by atoms with Gasteiger partial charge in [0, 0.05) is 12.5 Å². The van der Waals surface area contributed by atoms with E-state index in [9.17, 15) is 10.1 Å². The highest BCUT2D eigenvalue weighted by atomic mass is 16.6. The predicted molar refractivity (Wildman–Crippen MR) is 50.0 cm³/mol. The van der Waals surface area contributed by atoms with Crippen molar-refractivity contribution in [2.24, 2.45) is 0 Å². The standard InChI is InChI=1S/C9H8N2O3/c1-2-9-10-7-4-3-6(11(12)13)5-8(7)14-9/h3-5H,2H2,1H3. The van der Waals surface area contributed by atoms with Gasteiger partial charge in [-0.25, -0.2) is 4.98 Å². The summed E-state index contributed by atoms with van der Waals surface area (Å²) in [6.07, 6.45) is 0.683. The van der Waals surface area contributed by atoms with E-state index in [0.29, 0.717) is 23.4 Å². The van der Waals surface area contributed by atoms with Gasteiger partial charge in [0.15, 0.2) is 11.5 Å². The van der Waals surface area contributed by atoms with E-state index in [1.165, 1.54) is 12.1 Å². The Bertz CT molecular complexity index is 490. The second-order valence-electron chi connectivity index (χ2n) is 2.87. The third-order valence-electron chi connectivity index (χ3n) is 1.93. The summed E-state index contributed by atoms with van der Waals surface area (Å²) in [5, 5.41) is 10.5. The number of non-ortho nitro benzene ring substituents is 1. The molecular formula is C9H8N2O3. The molecule has 0 spiro atoms. The molecule has 72 valence electrons. The molecule has 1 aromatic carbocycles. The number of nitro benzene ring substituents is 1. The second kappa shape index (κ2) is 3.10. The number of nitrogens with zero attached hydrogens (tertiary/aromatic N) is 2. The van der Waals surface area contributed by atoms with E-state index in [2.05, 4.69) is 4.98 Å². The number of benzene rings is 1. The molecule has 1 heterocycles. The Labute approximate surface area is 79.5 Å². The smallest absolute Gasteiger partial charge is 0.273 e. The van der Waals surface area contributed by atoms with Crippen molar-refractivity contribution >= 4 is 16.8 Å². The number of aromatic nitrogens is 1. The molecule has 0 fully saturated rings. The summed E-state index contributed by atoms with van der Waals surface area (Å²) in [5.74, 6) is 0.598. The van der Waals surface area contributed by atoms with Gasteiger partial charge in [-0.05, 0) is 6.07 Å². The molecule has 0 saturated heterocycles. The number of oxazole rings is 1. The topological polar surface area (TPSA) is 69.2 Å². The van der Waals surface area contributed by atoms with Crippen LogP contribution in [0.3, 0.4) is 0 Å². The van der Waals surface area contributed by atoms with Crippen LogP contribution >= 0.6 is 0 Å². The number of rotatable bonds is 2. The minimum atomic E-state index is -0.451. The molecule has 0 aliphatic carbocycles. The Hall–Kier alpha value is -1.91. The van der Waals surface area contributed by atoms with Crippen LogP contribution in [0.15, 0.2) is 22.6 Å². The Kier molecular flexibility index (Phi) is 1.92. The summed E-state index contributed by atoms with van der Waals surface area (Å²) in [4.78, 5) is 14.2. The molecule has 0 radical (unpaired) electrons. The normalized spacial score (nSPS) is 10.6. The fraction of sp³-hybridized carbons (Fsp3) is 0.222. The maximum Gasteiger partial charge on any atom is 0.273 e. The summed E-state index contributed by atoms with van der Waals surface area (Å²) in [7, 11) is 0. The molecule has 0 atom stereocenters. The van der Waals surface area contributed by atoms with E-state index < -0.39 is 4.92 Å². The van der Waals surface area contributed by atoms with Gasteiger partial charge in [0.05, 0.1) is 11.0 Å². The molecule has 0 unspecified atom stereocenters. The van der Waals surface area contributed by atoms with Gasteiger partial charge in [-0.2, -0.15) is 0 Å². The number of aryl methyl sites for hydroxylation is 1. The zero-order valence-corrected chi connectivity index (χ0v) is 7.56. The van der Waals surface area contributed by atoms with Crippen LogP contribution in [0, 0.1) is 10.1 Å². The Balaban J connectivity index is 2.59. The van der Waals surface area contributed by atoms with Gasteiger partial charge < -0.3 is 4.42 Å². The lowest BCUT2D eigenvalue weighted by molar-refractivity contribution is -0.384. The number of fused-ring (bicyclic) bond motifs is 1. The predicted octanol–water partition coefficient (Wildman–Crippen LogP) is 2.30. The average molecular weight is 192 g/mol. The maximum atomic E-state index is 10.5. The molecule has 0 amide bonds. The summed E-state index contributed by atoms with van der Waals surface area (Å²) in [5.41, 5.74) is 1.15. The minimum absolute atomic E-state index is 0.0244. The molecule has 14 heavy (non-hydrogen) atoms. The first-order chi connectivity index (χ1) is 6.70. The number of hydrogen-bond acceptors (Lipinski definition) is 4. The first-order valence-corrected chi connectivity index (χ1v) is 4.24. The van der Waals surface area contributed by atoms with Crippen LogP contribution in [0.25, 0.3) is 11.1 Å². The molecule has 5 heteroatoms.